The Bertz CT molecular complexity index is 1630. The average molecular weight is 615 g/mol. The number of Topliss-reactive ketones (excluding diaryl/α,β-unsaturated/α-hetero) is 1. The molecule has 5 rings (SSSR count). The van der Waals surface area contributed by atoms with Crippen LogP contribution in [0, 0.1) is 16.7 Å². The fourth-order valence-corrected chi connectivity index (χ4v) is 7.16. The van der Waals surface area contributed by atoms with Crippen LogP contribution in [-0.2, 0) is 16.0 Å². The maximum absolute atomic E-state index is 13.7. The Kier molecular flexibility index (Phi) is 8.89. The van der Waals surface area contributed by atoms with Crippen LogP contribution in [0.15, 0.2) is 75.5 Å². The summed E-state index contributed by atoms with van der Waals surface area (Å²) < 4.78 is 6.02. The van der Waals surface area contributed by atoms with E-state index in [1.807, 2.05) is 31.2 Å². The number of benzene rings is 2. The van der Waals surface area contributed by atoms with Crippen molar-refractivity contribution >= 4 is 45.6 Å². The van der Waals surface area contributed by atoms with Gasteiger partial charge in [-0.25, -0.2) is 0 Å². The van der Waals surface area contributed by atoms with Crippen LogP contribution in [0.25, 0.3) is 0 Å². The van der Waals surface area contributed by atoms with Crippen LogP contribution in [0.2, 0.25) is 0 Å². The van der Waals surface area contributed by atoms with Crippen molar-refractivity contribution in [1.29, 1.82) is 5.26 Å². The van der Waals surface area contributed by atoms with E-state index in [2.05, 4.69) is 42.4 Å². The van der Waals surface area contributed by atoms with Crippen molar-refractivity contribution in [3.63, 3.8) is 0 Å². The molecule has 2 aliphatic rings. The van der Waals surface area contributed by atoms with Gasteiger partial charge in [0.25, 0.3) is 0 Å². The number of thioether (sulfide) groups is 1. The molecular weight excluding hydrogens is 581 g/mol. The highest BCUT2D eigenvalue weighted by molar-refractivity contribution is 8.01. The molecule has 1 unspecified atom stereocenters. The highest BCUT2D eigenvalue weighted by atomic mass is 32.2. The molecule has 3 aromatic rings. The van der Waals surface area contributed by atoms with E-state index < -0.39 is 5.92 Å². The highest BCUT2D eigenvalue weighted by Crippen LogP contribution is 2.50. The summed E-state index contributed by atoms with van der Waals surface area (Å²) in [5.74, 6) is 0.397. The summed E-state index contributed by atoms with van der Waals surface area (Å²) in [5, 5.41) is 22.3. The van der Waals surface area contributed by atoms with Crippen molar-refractivity contribution in [1.82, 2.24) is 10.2 Å². The molecule has 2 aromatic carbocycles. The number of nitriles is 1. The molecule has 1 amide bonds. The third-order valence-corrected chi connectivity index (χ3v) is 9.51. The number of ether oxygens (including phenoxy) is 1. The first-order chi connectivity index (χ1) is 20.6. The first-order valence-electron chi connectivity index (χ1n) is 14.2. The Morgan fingerprint density at radius 3 is 2.53 bits per heavy atom. The molecule has 0 saturated heterocycles. The van der Waals surface area contributed by atoms with Crippen molar-refractivity contribution in [2.45, 2.75) is 57.2 Å². The molecule has 0 spiro atoms. The highest BCUT2D eigenvalue weighted by Gasteiger charge is 2.45. The number of nitrogens with one attached hydrogen (secondary N) is 1. The predicted octanol–water partition coefficient (Wildman–Crippen LogP) is 6.17. The van der Waals surface area contributed by atoms with Gasteiger partial charge in [0.15, 0.2) is 10.1 Å². The number of ketones is 1. The van der Waals surface area contributed by atoms with Crippen LogP contribution < -0.4 is 20.7 Å². The smallest absolute Gasteiger partial charge is 0.234 e. The van der Waals surface area contributed by atoms with E-state index in [9.17, 15) is 14.9 Å². The zero-order chi connectivity index (χ0) is 30.7. The van der Waals surface area contributed by atoms with Crippen LogP contribution >= 0.6 is 23.1 Å². The first-order valence-corrected chi connectivity index (χ1v) is 16.0. The minimum absolute atomic E-state index is 0.00569. The van der Waals surface area contributed by atoms with E-state index in [1.54, 1.807) is 29.2 Å². The van der Waals surface area contributed by atoms with E-state index >= 15 is 0 Å². The second-order valence-electron chi connectivity index (χ2n) is 11.2. The first kappa shape index (κ1) is 30.3. The Balaban J connectivity index is 1.41. The van der Waals surface area contributed by atoms with Gasteiger partial charge in [-0.15, -0.1) is 10.2 Å². The molecule has 1 aliphatic heterocycles. The molecule has 9 nitrogen and oxygen atoms in total. The second-order valence-corrected chi connectivity index (χ2v) is 13.4. The van der Waals surface area contributed by atoms with Gasteiger partial charge >= 0.3 is 0 Å². The Morgan fingerprint density at radius 2 is 1.88 bits per heavy atom. The summed E-state index contributed by atoms with van der Waals surface area (Å²) >= 11 is 2.53. The molecule has 0 bridgehead atoms. The minimum Gasteiger partial charge on any atom is -0.494 e. The van der Waals surface area contributed by atoms with Crippen LogP contribution in [-0.4, -0.2) is 34.2 Å². The number of hydrogen-bond donors (Lipinski definition) is 2. The minimum atomic E-state index is -0.543. The molecule has 222 valence electrons. The summed E-state index contributed by atoms with van der Waals surface area (Å²) in [7, 11) is 0. The predicted molar refractivity (Wildman–Crippen MR) is 170 cm³/mol. The van der Waals surface area contributed by atoms with Gasteiger partial charge in [-0.1, -0.05) is 68.1 Å². The lowest BCUT2D eigenvalue weighted by molar-refractivity contribution is -0.118. The van der Waals surface area contributed by atoms with E-state index in [0.717, 1.165) is 23.4 Å². The van der Waals surface area contributed by atoms with Gasteiger partial charge in [0.05, 0.1) is 29.9 Å². The Hall–Kier alpha value is -4.14. The van der Waals surface area contributed by atoms with Gasteiger partial charge in [-0.05, 0) is 60.6 Å². The molecule has 1 aliphatic carbocycles. The van der Waals surface area contributed by atoms with E-state index in [4.69, 9.17) is 10.5 Å². The number of aryl methyl sites for hydroxylation is 1. The number of rotatable bonds is 9. The summed E-state index contributed by atoms with van der Waals surface area (Å²) in [6.07, 6.45) is 1.86. The van der Waals surface area contributed by atoms with Crippen molar-refractivity contribution < 1.29 is 14.3 Å². The van der Waals surface area contributed by atoms with Crippen LogP contribution in [0.4, 0.5) is 10.8 Å². The summed E-state index contributed by atoms with van der Waals surface area (Å²) in [6, 6.07) is 17.5. The fraction of sp³-hybridized carbons (Fsp3) is 0.344. The maximum atomic E-state index is 13.7. The number of amides is 1. The van der Waals surface area contributed by atoms with Crippen molar-refractivity contribution in [2.75, 3.05) is 22.6 Å². The largest absolute Gasteiger partial charge is 0.494 e. The summed E-state index contributed by atoms with van der Waals surface area (Å²) in [4.78, 5) is 28.1. The van der Waals surface area contributed by atoms with Gasteiger partial charge in [-0.3, -0.25) is 14.5 Å². The number of anilines is 2. The van der Waals surface area contributed by atoms with E-state index in [-0.39, 0.29) is 28.7 Å². The maximum Gasteiger partial charge on any atom is 0.234 e. The Morgan fingerprint density at radius 1 is 1.16 bits per heavy atom. The van der Waals surface area contributed by atoms with Gasteiger partial charge in [-0.2, -0.15) is 5.26 Å². The van der Waals surface area contributed by atoms with E-state index in [1.165, 1.54) is 28.7 Å². The topological polar surface area (TPSA) is 134 Å². The Labute approximate surface area is 259 Å². The molecule has 0 radical (unpaired) electrons. The lowest BCUT2D eigenvalue weighted by atomic mass is 9.68. The van der Waals surface area contributed by atoms with Crippen LogP contribution in [0.5, 0.6) is 5.75 Å². The van der Waals surface area contributed by atoms with Gasteiger partial charge in [0.1, 0.15) is 11.6 Å². The van der Waals surface area contributed by atoms with Crippen LogP contribution in [0.1, 0.15) is 57.6 Å². The monoisotopic (exact) mass is 614 g/mol. The molecule has 1 aromatic heterocycles. The number of nitrogens with zero attached hydrogens (tertiary/aromatic N) is 4. The summed E-state index contributed by atoms with van der Waals surface area (Å²) in [6.45, 7) is 8.69. The van der Waals surface area contributed by atoms with E-state index in [0.29, 0.717) is 45.8 Å². The third-order valence-electron chi connectivity index (χ3n) is 7.47. The van der Waals surface area contributed by atoms with Crippen molar-refractivity contribution in [3.8, 4) is 11.8 Å². The van der Waals surface area contributed by atoms with Gasteiger partial charge < -0.3 is 15.8 Å². The summed E-state index contributed by atoms with van der Waals surface area (Å²) in [5.41, 5.74) is 10.8. The molecule has 2 heterocycles. The number of allylic oxidation sites excluding steroid dienone is 3. The number of nitrogens with two attached hydrogens (primary N) is 1. The normalized spacial score (nSPS) is 17.9. The zero-order valence-electron chi connectivity index (χ0n) is 24.6. The van der Waals surface area contributed by atoms with Crippen molar-refractivity contribution in [2.24, 2.45) is 11.1 Å². The van der Waals surface area contributed by atoms with Gasteiger partial charge in [0.2, 0.25) is 11.0 Å². The van der Waals surface area contributed by atoms with Gasteiger partial charge in [0, 0.05) is 23.4 Å². The number of hydrogen-bond acceptors (Lipinski definition) is 10. The quantitative estimate of drug-likeness (QED) is 0.271. The van der Waals surface area contributed by atoms with Crippen molar-refractivity contribution in [3.05, 3.63) is 82.3 Å². The number of carbonyl (C=O) groups excluding carboxylic acids is 2. The molecule has 11 heteroatoms. The third kappa shape index (κ3) is 6.45. The molecule has 1 atom stereocenters. The zero-order valence-corrected chi connectivity index (χ0v) is 26.3. The number of aromatic nitrogens is 2. The number of carbonyl (C=O) groups is 2. The van der Waals surface area contributed by atoms with Crippen LogP contribution in [0.3, 0.4) is 0 Å². The molecule has 0 fully saturated rings. The molecule has 43 heavy (non-hydrogen) atoms. The lowest BCUT2D eigenvalue weighted by Crippen LogP contribution is -2.42. The second kappa shape index (κ2) is 12.6. The molecular formula is C32H34N6O3S2. The average Bonchev–Trinajstić information content (AvgIpc) is 3.44. The molecule has 3 N–H and O–H groups in total. The molecule has 0 saturated carbocycles. The fourth-order valence-electron chi connectivity index (χ4n) is 5.48. The SMILES string of the molecule is CCOc1ccc(NC(=O)CSc2nnc(N3C(N)=C(C#N)C(c4ccc(CC)cc4)C4=C3CC(C)(C)CC4=O)s2)cc1. The lowest BCUT2D eigenvalue weighted by Gasteiger charge is -2.42. The standard InChI is InChI=1S/C32H34N6O3S2/c1-5-19-7-9-20(10-8-19)27-23(17-33)29(34)38(24-15-32(3,4)16-25(39)28(24)27)30-36-37-31(43-30)42-18-26(40)35-21-11-13-22(14-12-21)41-6-2/h7-14,27H,5-6,15-16,18,34H2,1-4H3,(H,35,40).